The van der Waals surface area contributed by atoms with Crippen molar-refractivity contribution in [1.82, 2.24) is 5.32 Å². The molecule has 0 amide bonds. The molecule has 1 aromatic carbocycles. The lowest BCUT2D eigenvalue weighted by Crippen LogP contribution is -2.28. The summed E-state index contributed by atoms with van der Waals surface area (Å²) in [4.78, 5) is 0. The van der Waals surface area contributed by atoms with Crippen LogP contribution in [0.3, 0.4) is 0 Å². The summed E-state index contributed by atoms with van der Waals surface area (Å²) in [6.07, 6.45) is 3.95. The Morgan fingerprint density at radius 1 is 1.06 bits per heavy atom. The van der Waals surface area contributed by atoms with Gasteiger partial charge in [-0.1, -0.05) is 12.1 Å². The number of nitrogens with one attached hydrogen (secondary N) is 1. The fourth-order valence-corrected chi connectivity index (χ4v) is 2.63. The second-order valence-electron chi connectivity index (χ2n) is 5.19. The van der Waals surface area contributed by atoms with Crippen molar-refractivity contribution in [1.29, 1.82) is 0 Å². The van der Waals surface area contributed by atoms with Crippen molar-refractivity contribution in [2.45, 2.75) is 40.0 Å². The number of piperidine rings is 1. The van der Waals surface area contributed by atoms with Crippen molar-refractivity contribution in [3.63, 3.8) is 0 Å². The van der Waals surface area contributed by atoms with E-state index in [0.717, 1.165) is 5.92 Å². The smallest absolute Gasteiger partial charge is 0.00462 e. The molecule has 1 fully saturated rings. The average molecular weight is 217 g/mol. The predicted octanol–water partition coefficient (Wildman–Crippen LogP) is 3.15. The summed E-state index contributed by atoms with van der Waals surface area (Å²) < 4.78 is 0. The van der Waals surface area contributed by atoms with Gasteiger partial charge in [0.2, 0.25) is 0 Å². The predicted molar refractivity (Wildman–Crippen MR) is 70.0 cm³/mol. The van der Waals surface area contributed by atoms with Gasteiger partial charge in [0.1, 0.15) is 0 Å². The summed E-state index contributed by atoms with van der Waals surface area (Å²) in [5.41, 5.74) is 5.98. The molecule has 1 aliphatic heterocycles. The van der Waals surface area contributed by atoms with E-state index in [2.05, 4.69) is 38.2 Å². The average Bonchev–Trinajstić information content (AvgIpc) is 2.31. The molecule has 0 unspecified atom stereocenters. The lowest BCUT2D eigenvalue weighted by Gasteiger charge is -2.23. The summed E-state index contributed by atoms with van der Waals surface area (Å²) in [5.74, 6) is 0.891. The van der Waals surface area contributed by atoms with E-state index in [-0.39, 0.29) is 0 Å². The number of hydrogen-bond acceptors (Lipinski definition) is 1. The van der Waals surface area contributed by atoms with Gasteiger partial charge in [-0.25, -0.2) is 0 Å². The lowest BCUT2D eigenvalue weighted by atomic mass is 9.87. The van der Waals surface area contributed by atoms with Crippen molar-refractivity contribution >= 4 is 0 Å². The van der Waals surface area contributed by atoms with E-state index in [1.54, 1.807) is 5.56 Å². The minimum Gasteiger partial charge on any atom is -0.317 e. The number of benzene rings is 1. The van der Waals surface area contributed by atoms with E-state index in [1.165, 1.54) is 49.0 Å². The largest absolute Gasteiger partial charge is 0.317 e. The van der Waals surface area contributed by atoms with Gasteiger partial charge in [-0.15, -0.1) is 0 Å². The zero-order chi connectivity index (χ0) is 11.5. The molecule has 0 spiro atoms. The molecular formula is C15H23N. The molecule has 0 atom stereocenters. The van der Waals surface area contributed by atoms with Crippen LogP contribution >= 0.6 is 0 Å². The van der Waals surface area contributed by atoms with Crippen LogP contribution in [0.1, 0.15) is 35.1 Å². The number of rotatable bonds is 2. The van der Waals surface area contributed by atoms with Crippen LogP contribution in [0.25, 0.3) is 0 Å². The van der Waals surface area contributed by atoms with Crippen LogP contribution in [0.4, 0.5) is 0 Å². The van der Waals surface area contributed by atoms with E-state index in [9.17, 15) is 0 Å². The molecule has 0 saturated carbocycles. The topological polar surface area (TPSA) is 12.0 Å². The highest BCUT2D eigenvalue weighted by Crippen LogP contribution is 2.23. The van der Waals surface area contributed by atoms with Crippen LogP contribution in [0.15, 0.2) is 12.1 Å². The van der Waals surface area contributed by atoms with Crippen molar-refractivity contribution < 1.29 is 0 Å². The van der Waals surface area contributed by atoms with Gasteiger partial charge in [-0.2, -0.15) is 0 Å². The quantitative estimate of drug-likeness (QED) is 0.802. The van der Waals surface area contributed by atoms with Gasteiger partial charge in [0, 0.05) is 0 Å². The van der Waals surface area contributed by atoms with Crippen molar-refractivity contribution in [3.05, 3.63) is 34.4 Å². The van der Waals surface area contributed by atoms with Crippen LogP contribution < -0.4 is 5.32 Å². The molecule has 1 nitrogen and oxygen atoms in total. The van der Waals surface area contributed by atoms with Gasteiger partial charge < -0.3 is 5.32 Å². The maximum absolute atomic E-state index is 3.44. The molecule has 1 aromatic rings. The molecule has 0 radical (unpaired) electrons. The third kappa shape index (κ3) is 2.46. The third-order valence-corrected chi connectivity index (χ3v) is 4.14. The van der Waals surface area contributed by atoms with Gasteiger partial charge >= 0.3 is 0 Å². The Kier molecular flexibility index (Phi) is 3.65. The first-order valence-corrected chi connectivity index (χ1v) is 6.45. The Balaban J connectivity index is 2.11. The molecule has 1 heterocycles. The summed E-state index contributed by atoms with van der Waals surface area (Å²) in [5, 5.41) is 3.44. The molecular weight excluding hydrogens is 194 g/mol. The van der Waals surface area contributed by atoms with E-state index in [1.807, 2.05) is 0 Å². The molecule has 16 heavy (non-hydrogen) atoms. The molecule has 0 aliphatic carbocycles. The fraction of sp³-hybridized carbons (Fsp3) is 0.600. The van der Waals surface area contributed by atoms with Gasteiger partial charge in [0.05, 0.1) is 0 Å². The van der Waals surface area contributed by atoms with Gasteiger partial charge in [-0.3, -0.25) is 0 Å². The van der Waals surface area contributed by atoms with Gasteiger partial charge in [0.25, 0.3) is 0 Å². The minimum absolute atomic E-state index is 0.891. The van der Waals surface area contributed by atoms with Crippen LogP contribution in [-0.2, 0) is 6.42 Å². The van der Waals surface area contributed by atoms with Crippen molar-refractivity contribution in [2.24, 2.45) is 5.92 Å². The Bertz CT molecular complexity index is 362. The second kappa shape index (κ2) is 5.01. The fourth-order valence-electron chi connectivity index (χ4n) is 2.63. The maximum Gasteiger partial charge on any atom is -0.00462 e. The number of aryl methyl sites for hydroxylation is 1. The second-order valence-corrected chi connectivity index (χ2v) is 5.19. The molecule has 1 saturated heterocycles. The van der Waals surface area contributed by atoms with Gasteiger partial charge in [-0.05, 0) is 81.3 Å². The Labute approximate surface area is 99.3 Å². The lowest BCUT2D eigenvalue weighted by molar-refractivity contribution is 0.372. The summed E-state index contributed by atoms with van der Waals surface area (Å²) >= 11 is 0. The van der Waals surface area contributed by atoms with E-state index in [0.29, 0.717) is 0 Å². The van der Waals surface area contributed by atoms with Crippen LogP contribution in [-0.4, -0.2) is 13.1 Å². The highest BCUT2D eigenvalue weighted by atomic mass is 14.9. The summed E-state index contributed by atoms with van der Waals surface area (Å²) in [6.45, 7) is 9.13. The molecule has 0 bridgehead atoms. The first-order chi connectivity index (χ1) is 7.68. The first-order valence-electron chi connectivity index (χ1n) is 6.45. The van der Waals surface area contributed by atoms with Crippen LogP contribution in [0.5, 0.6) is 0 Å². The van der Waals surface area contributed by atoms with Crippen molar-refractivity contribution in [2.75, 3.05) is 13.1 Å². The monoisotopic (exact) mass is 217 g/mol. The Morgan fingerprint density at radius 2 is 1.75 bits per heavy atom. The zero-order valence-corrected chi connectivity index (χ0v) is 10.8. The van der Waals surface area contributed by atoms with Gasteiger partial charge in [0.15, 0.2) is 0 Å². The van der Waals surface area contributed by atoms with E-state index < -0.39 is 0 Å². The summed E-state index contributed by atoms with van der Waals surface area (Å²) in [7, 11) is 0. The molecule has 88 valence electrons. The molecule has 1 N–H and O–H groups in total. The molecule has 0 aromatic heterocycles. The number of hydrogen-bond donors (Lipinski definition) is 1. The maximum atomic E-state index is 3.44. The van der Waals surface area contributed by atoms with E-state index >= 15 is 0 Å². The third-order valence-electron chi connectivity index (χ3n) is 4.14. The Hall–Kier alpha value is -0.820. The van der Waals surface area contributed by atoms with Crippen molar-refractivity contribution in [3.8, 4) is 0 Å². The zero-order valence-electron chi connectivity index (χ0n) is 10.8. The molecule has 1 heteroatoms. The van der Waals surface area contributed by atoms with Crippen LogP contribution in [0.2, 0.25) is 0 Å². The minimum atomic E-state index is 0.891. The summed E-state index contributed by atoms with van der Waals surface area (Å²) in [6, 6.07) is 4.61. The highest BCUT2D eigenvalue weighted by Gasteiger charge is 2.15. The molecule has 2 rings (SSSR count). The first kappa shape index (κ1) is 11.7. The normalized spacial score (nSPS) is 17.7. The van der Waals surface area contributed by atoms with E-state index in [4.69, 9.17) is 0 Å². The highest BCUT2D eigenvalue weighted by molar-refractivity contribution is 5.38. The Morgan fingerprint density at radius 3 is 2.44 bits per heavy atom. The van der Waals surface area contributed by atoms with Crippen LogP contribution in [0, 0.1) is 26.7 Å². The SMILES string of the molecule is Cc1ccc(CC2CCNCC2)c(C)c1C. The standard InChI is InChI=1S/C15H23N/c1-11-4-5-15(13(3)12(11)2)10-14-6-8-16-9-7-14/h4-5,14,16H,6-10H2,1-3H3. The molecule has 1 aliphatic rings.